The SMILES string of the molecule is COc1ccccc1/C=C1\SC(=S)N(CCOc2ccccc2)C1=O. The molecule has 1 aliphatic rings. The van der Waals surface area contributed by atoms with Crippen LogP contribution >= 0.6 is 24.0 Å². The lowest BCUT2D eigenvalue weighted by Crippen LogP contribution is -2.32. The first-order chi connectivity index (χ1) is 12.2. The molecule has 4 nitrogen and oxygen atoms in total. The highest BCUT2D eigenvalue weighted by Crippen LogP contribution is 2.34. The molecule has 1 heterocycles. The Morgan fingerprint density at radius 3 is 2.60 bits per heavy atom. The van der Waals surface area contributed by atoms with Gasteiger partial charge in [0.1, 0.15) is 22.4 Å². The number of thioether (sulfide) groups is 1. The summed E-state index contributed by atoms with van der Waals surface area (Å²) in [5.41, 5.74) is 0.853. The molecule has 128 valence electrons. The highest BCUT2D eigenvalue weighted by molar-refractivity contribution is 8.26. The monoisotopic (exact) mass is 371 g/mol. The van der Waals surface area contributed by atoms with Crippen LogP contribution in [0.2, 0.25) is 0 Å². The summed E-state index contributed by atoms with van der Waals surface area (Å²) in [5.74, 6) is 1.40. The molecule has 0 aliphatic carbocycles. The number of methoxy groups -OCH3 is 1. The van der Waals surface area contributed by atoms with E-state index in [1.165, 1.54) is 11.8 Å². The number of nitrogens with zero attached hydrogens (tertiary/aromatic N) is 1. The number of amides is 1. The van der Waals surface area contributed by atoms with Gasteiger partial charge in [-0.15, -0.1) is 0 Å². The summed E-state index contributed by atoms with van der Waals surface area (Å²) in [6.45, 7) is 0.807. The van der Waals surface area contributed by atoms with Gasteiger partial charge in [-0.25, -0.2) is 0 Å². The van der Waals surface area contributed by atoms with E-state index in [0.29, 0.717) is 22.4 Å². The van der Waals surface area contributed by atoms with Crippen LogP contribution in [0, 0.1) is 0 Å². The maximum Gasteiger partial charge on any atom is 0.266 e. The zero-order chi connectivity index (χ0) is 17.6. The molecule has 0 N–H and O–H groups in total. The molecule has 1 aliphatic heterocycles. The molecule has 6 heteroatoms. The minimum Gasteiger partial charge on any atom is -0.496 e. The third-order valence-corrected chi connectivity index (χ3v) is 5.00. The average molecular weight is 371 g/mol. The van der Waals surface area contributed by atoms with Crippen LogP contribution in [0.25, 0.3) is 6.08 Å². The number of hydrogen-bond donors (Lipinski definition) is 0. The second-order valence-electron chi connectivity index (χ2n) is 5.24. The number of benzene rings is 2. The van der Waals surface area contributed by atoms with Crippen molar-refractivity contribution in [3.8, 4) is 11.5 Å². The van der Waals surface area contributed by atoms with Crippen LogP contribution < -0.4 is 9.47 Å². The topological polar surface area (TPSA) is 38.8 Å². The van der Waals surface area contributed by atoms with Gasteiger partial charge in [-0.05, 0) is 24.3 Å². The predicted molar refractivity (Wildman–Crippen MR) is 105 cm³/mol. The summed E-state index contributed by atoms with van der Waals surface area (Å²) in [4.78, 5) is 14.8. The van der Waals surface area contributed by atoms with Gasteiger partial charge in [0.2, 0.25) is 0 Å². The van der Waals surface area contributed by atoms with Gasteiger partial charge in [0, 0.05) is 5.56 Å². The average Bonchev–Trinajstić information content (AvgIpc) is 2.90. The Morgan fingerprint density at radius 1 is 1.12 bits per heavy atom. The summed E-state index contributed by atoms with van der Waals surface area (Å²) in [5, 5.41) is 0. The molecule has 0 atom stereocenters. The van der Waals surface area contributed by atoms with E-state index in [1.54, 1.807) is 12.0 Å². The van der Waals surface area contributed by atoms with Crippen molar-refractivity contribution in [3.63, 3.8) is 0 Å². The lowest BCUT2D eigenvalue weighted by Gasteiger charge is -2.14. The Balaban J connectivity index is 1.66. The van der Waals surface area contributed by atoms with Gasteiger partial charge in [0.15, 0.2) is 0 Å². The van der Waals surface area contributed by atoms with E-state index >= 15 is 0 Å². The van der Waals surface area contributed by atoms with Crippen molar-refractivity contribution in [3.05, 3.63) is 65.1 Å². The van der Waals surface area contributed by atoms with Crippen LogP contribution in [0.15, 0.2) is 59.5 Å². The van der Waals surface area contributed by atoms with Gasteiger partial charge in [-0.2, -0.15) is 0 Å². The van der Waals surface area contributed by atoms with Gasteiger partial charge in [-0.1, -0.05) is 60.4 Å². The van der Waals surface area contributed by atoms with Crippen molar-refractivity contribution in [2.75, 3.05) is 20.3 Å². The van der Waals surface area contributed by atoms with E-state index < -0.39 is 0 Å². The first kappa shape index (κ1) is 17.5. The summed E-state index contributed by atoms with van der Waals surface area (Å²) in [7, 11) is 1.61. The van der Waals surface area contributed by atoms with E-state index in [-0.39, 0.29) is 5.91 Å². The smallest absolute Gasteiger partial charge is 0.266 e. The largest absolute Gasteiger partial charge is 0.496 e. The minimum atomic E-state index is -0.0995. The molecule has 2 aromatic rings. The van der Waals surface area contributed by atoms with Crippen molar-refractivity contribution in [1.29, 1.82) is 0 Å². The number of carbonyl (C=O) groups excluding carboxylic acids is 1. The van der Waals surface area contributed by atoms with Gasteiger partial charge in [0.25, 0.3) is 5.91 Å². The second-order valence-corrected chi connectivity index (χ2v) is 6.91. The van der Waals surface area contributed by atoms with Crippen LogP contribution in [0.4, 0.5) is 0 Å². The number of ether oxygens (including phenoxy) is 2. The normalized spacial score (nSPS) is 15.7. The molecule has 0 spiro atoms. The third kappa shape index (κ3) is 4.21. The van der Waals surface area contributed by atoms with Gasteiger partial charge < -0.3 is 9.47 Å². The fraction of sp³-hybridized carbons (Fsp3) is 0.158. The molecule has 0 bridgehead atoms. The van der Waals surface area contributed by atoms with Crippen molar-refractivity contribution in [2.45, 2.75) is 0 Å². The Kier molecular flexibility index (Phi) is 5.73. The van der Waals surface area contributed by atoms with Gasteiger partial charge >= 0.3 is 0 Å². The van der Waals surface area contributed by atoms with Crippen molar-refractivity contribution < 1.29 is 14.3 Å². The molecule has 25 heavy (non-hydrogen) atoms. The number of carbonyl (C=O) groups is 1. The number of para-hydroxylation sites is 2. The highest BCUT2D eigenvalue weighted by Gasteiger charge is 2.31. The maximum absolute atomic E-state index is 12.6. The fourth-order valence-electron chi connectivity index (χ4n) is 2.39. The van der Waals surface area contributed by atoms with E-state index in [9.17, 15) is 4.79 Å². The summed E-state index contributed by atoms with van der Waals surface area (Å²) in [6.07, 6.45) is 1.82. The molecule has 3 rings (SSSR count). The van der Waals surface area contributed by atoms with Crippen LogP contribution in [0.1, 0.15) is 5.56 Å². The first-order valence-corrected chi connectivity index (χ1v) is 8.98. The number of hydrogen-bond acceptors (Lipinski definition) is 5. The molecule has 1 amide bonds. The molecule has 0 unspecified atom stereocenters. The lowest BCUT2D eigenvalue weighted by molar-refractivity contribution is -0.122. The quantitative estimate of drug-likeness (QED) is 0.567. The molecule has 2 aromatic carbocycles. The van der Waals surface area contributed by atoms with Crippen molar-refractivity contribution >= 4 is 40.3 Å². The predicted octanol–water partition coefficient (Wildman–Crippen LogP) is 3.98. The molecular formula is C19H17NO3S2. The number of thiocarbonyl (C=S) groups is 1. The molecule has 0 radical (unpaired) electrons. The second kappa shape index (κ2) is 8.18. The fourth-order valence-corrected chi connectivity index (χ4v) is 3.69. The Morgan fingerprint density at radius 2 is 1.84 bits per heavy atom. The standard InChI is InChI=1S/C19H17NO3S2/c1-22-16-10-6-5-7-14(16)13-17-18(21)20(19(24)25-17)11-12-23-15-8-3-2-4-9-15/h2-10,13H,11-12H2,1H3/b17-13-. The summed E-state index contributed by atoms with van der Waals surface area (Å²) >= 11 is 6.64. The highest BCUT2D eigenvalue weighted by atomic mass is 32.2. The minimum absolute atomic E-state index is 0.0995. The van der Waals surface area contributed by atoms with Gasteiger partial charge in [0.05, 0.1) is 18.6 Å². The third-order valence-electron chi connectivity index (χ3n) is 3.63. The molecular weight excluding hydrogens is 354 g/mol. The molecule has 1 saturated heterocycles. The van der Waals surface area contributed by atoms with Crippen LogP contribution in [-0.2, 0) is 4.79 Å². The van der Waals surface area contributed by atoms with Crippen LogP contribution in [0.5, 0.6) is 11.5 Å². The first-order valence-electron chi connectivity index (χ1n) is 7.75. The Bertz CT molecular complexity index is 805. The van der Waals surface area contributed by atoms with E-state index in [4.69, 9.17) is 21.7 Å². The summed E-state index contributed by atoms with van der Waals surface area (Å²) < 4.78 is 11.5. The Labute approximate surface area is 156 Å². The zero-order valence-electron chi connectivity index (χ0n) is 13.7. The van der Waals surface area contributed by atoms with Crippen LogP contribution in [0.3, 0.4) is 0 Å². The molecule has 1 fully saturated rings. The lowest BCUT2D eigenvalue weighted by atomic mass is 10.2. The molecule has 0 aromatic heterocycles. The van der Waals surface area contributed by atoms with Crippen molar-refractivity contribution in [1.82, 2.24) is 4.90 Å². The zero-order valence-corrected chi connectivity index (χ0v) is 15.3. The maximum atomic E-state index is 12.6. The van der Waals surface area contributed by atoms with E-state index in [0.717, 1.165) is 17.1 Å². The summed E-state index contributed by atoms with van der Waals surface area (Å²) in [6, 6.07) is 17.1. The molecule has 0 saturated carbocycles. The van der Waals surface area contributed by atoms with Crippen molar-refractivity contribution in [2.24, 2.45) is 0 Å². The Hall–Kier alpha value is -2.31. The van der Waals surface area contributed by atoms with Gasteiger partial charge in [-0.3, -0.25) is 9.69 Å². The van der Waals surface area contributed by atoms with Crippen LogP contribution in [-0.4, -0.2) is 35.4 Å². The number of rotatable bonds is 6. The van der Waals surface area contributed by atoms with E-state index in [1.807, 2.05) is 60.7 Å². The van der Waals surface area contributed by atoms with E-state index in [2.05, 4.69) is 0 Å².